The first-order valence-electron chi connectivity index (χ1n) is 6.54. The van der Waals surface area contributed by atoms with Crippen molar-refractivity contribution in [3.05, 3.63) is 23.8 Å². The average molecular weight is 262 g/mol. The smallest absolute Gasteiger partial charge is 0.234 e. The number of nitrogens with one attached hydrogen (secondary N) is 1. The van der Waals surface area contributed by atoms with Crippen molar-refractivity contribution in [3.8, 4) is 0 Å². The van der Waals surface area contributed by atoms with Crippen molar-refractivity contribution in [2.24, 2.45) is 5.73 Å². The summed E-state index contributed by atoms with van der Waals surface area (Å²) in [6, 6.07) is 6.85. The van der Waals surface area contributed by atoms with E-state index in [-0.39, 0.29) is 5.91 Å². The Morgan fingerprint density at radius 1 is 1.22 bits per heavy atom. The minimum atomic E-state index is 0.101. The lowest BCUT2D eigenvalue weighted by atomic mass is 9.82. The molecule has 1 aliphatic heterocycles. The van der Waals surface area contributed by atoms with Crippen molar-refractivity contribution >= 4 is 23.4 Å². The Morgan fingerprint density at radius 2 is 2.00 bits per heavy atom. The fourth-order valence-corrected chi connectivity index (χ4v) is 3.65. The van der Waals surface area contributed by atoms with Gasteiger partial charge >= 0.3 is 0 Å². The highest BCUT2D eigenvalue weighted by molar-refractivity contribution is 8.00. The molecule has 2 aliphatic rings. The van der Waals surface area contributed by atoms with Gasteiger partial charge in [-0.3, -0.25) is 4.79 Å². The van der Waals surface area contributed by atoms with E-state index in [2.05, 4.69) is 17.4 Å². The molecule has 1 heterocycles. The van der Waals surface area contributed by atoms with Crippen molar-refractivity contribution in [2.75, 3.05) is 11.1 Å². The first-order valence-corrected chi connectivity index (χ1v) is 7.53. The molecule has 96 valence electrons. The minimum absolute atomic E-state index is 0.101. The fraction of sp³-hybridized carbons (Fsp3) is 0.500. The molecule has 1 aromatic carbocycles. The van der Waals surface area contributed by atoms with Gasteiger partial charge < -0.3 is 11.1 Å². The monoisotopic (exact) mass is 262 g/mol. The van der Waals surface area contributed by atoms with Crippen molar-refractivity contribution in [2.45, 2.75) is 42.5 Å². The van der Waals surface area contributed by atoms with E-state index in [0.717, 1.165) is 18.5 Å². The third-order valence-corrected chi connectivity index (χ3v) is 4.94. The number of rotatable bonds is 1. The van der Waals surface area contributed by atoms with E-state index >= 15 is 0 Å². The Kier molecular flexibility index (Phi) is 3.31. The lowest BCUT2D eigenvalue weighted by molar-refractivity contribution is -0.113. The van der Waals surface area contributed by atoms with Crippen LogP contribution in [-0.2, 0) is 4.79 Å². The molecule has 0 aromatic heterocycles. The van der Waals surface area contributed by atoms with Crippen LogP contribution in [-0.4, -0.2) is 17.7 Å². The normalized spacial score (nSPS) is 27.5. The van der Waals surface area contributed by atoms with Crippen LogP contribution in [0.2, 0.25) is 0 Å². The van der Waals surface area contributed by atoms with Crippen LogP contribution in [0.25, 0.3) is 0 Å². The summed E-state index contributed by atoms with van der Waals surface area (Å²) in [6.07, 6.45) is 4.64. The molecule has 3 N–H and O–H groups in total. The molecule has 0 radical (unpaired) electrons. The summed E-state index contributed by atoms with van der Waals surface area (Å²) in [5.74, 6) is 1.28. The maximum atomic E-state index is 11.3. The van der Waals surface area contributed by atoms with Crippen LogP contribution in [0.15, 0.2) is 23.1 Å². The number of nitrogens with two attached hydrogens (primary N) is 1. The lowest BCUT2D eigenvalue weighted by Gasteiger charge is -2.27. The number of carbonyl (C=O) groups excluding carboxylic acids is 1. The Balaban J connectivity index is 1.80. The van der Waals surface area contributed by atoms with Gasteiger partial charge in [0.15, 0.2) is 0 Å². The third-order valence-electron chi connectivity index (χ3n) is 3.88. The maximum absolute atomic E-state index is 11.3. The van der Waals surface area contributed by atoms with Gasteiger partial charge in [-0.2, -0.15) is 0 Å². The number of anilines is 1. The molecule has 1 aliphatic carbocycles. The highest BCUT2D eigenvalue weighted by Crippen LogP contribution is 2.38. The van der Waals surface area contributed by atoms with Crippen LogP contribution in [0.5, 0.6) is 0 Å². The summed E-state index contributed by atoms with van der Waals surface area (Å²) in [5.41, 5.74) is 8.32. The number of amides is 1. The quantitative estimate of drug-likeness (QED) is 0.818. The standard InChI is InChI=1S/C14H18N2OS/c15-11-4-1-9(2-5-11)10-3-6-12-13(7-10)18-8-14(17)16-12/h3,6-7,9,11H,1-2,4-5,8,15H2,(H,16,17). The first kappa shape index (κ1) is 12.1. The Morgan fingerprint density at radius 3 is 2.78 bits per heavy atom. The van der Waals surface area contributed by atoms with Crippen LogP contribution >= 0.6 is 11.8 Å². The van der Waals surface area contributed by atoms with Gasteiger partial charge in [0.2, 0.25) is 5.91 Å². The van der Waals surface area contributed by atoms with E-state index in [1.165, 1.54) is 23.3 Å². The summed E-state index contributed by atoms with van der Waals surface area (Å²) in [4.78, 5) is 12.5. The van der Waals surface area contributed by atoms with Crippen LogP contribution in [0.3, 0.4) is 0 Å². The molecule has 1 aromatic rings. The number of fused-ring (bicyclic) bond motifs is 1. The van der Waals surface area contributed by atoms with Crippen LogP contribution in [0, 0.1) is 0 Å². The molecule has 0 spiro atoms. The Hall–Kier alpha value is -1.00. The summed E-state index contributed by atoms with van der Waals surface area (Å²) in [6.45, 7) is 0. The zero-order valence-electron chi connectivity index (χ0n) is 10.3. The number of carbonyl (C=O) groups is 1. The molecule has 0 unspecified atom stereocenters. The molecule has 4 heteroatoms. The van der Waals surface area contributed by atoms with Gasteiger partial charge in [-0.15, -0.1) is 11.8 Å². The van der Waals surface area contributed by atoms with E-state index in [1.807, 2.05) is 6.07 Å². The molecular weight excluding hydrogens is 244 g/mol. The predicted molar refractivity (Wildman–Crippen MR) is 75.0 cm³/mol. The number of thioether (sulfide) groups is 1. The zero-order chi connectivity index (χ0) is 12.5. The van der Waals surface area contributed by atoms with Gasteiger partial charge in [-0.1, -0.05) is 6.07 Å². The number of benzene rings is 1. The van der Waals surface area contributed by atoms with Crippen molar-refractivity contribution in [1.29, 1.82) is 0 Å². The van der Waals surface area contributed by atoms with Crippen molar-refractivity contribution in [3.63, 3.8) is 0 Å². The number of hydrogen-bond donors (Lipinski definition) is 2. The zero-order valence-corrected chi connectivity index (χ0v) is 11.1. The molecular formula is C14H18N2OS. The second-order valence-electron chi connectivity index (χ2n) is 5.20. The van der Waals surface area contributed by atoms with Gasteiger partial charge in [-0.05, 0) is 49.3 Å². The van der Waals surface area contributed by atoms with Crippen molar-refractivity contribution in [1.82, 2.24) is 0 Å². The first-order chi connectivity index (χ1) is 8.72. The lowest BCUT2D eigenvalue weighted by Crippen LogP contribution is -2.25. The topological polar surface area (TPSA) is 55.1 Å². The second-order valence-corrected chi connectivity index (χ2v) is 6.22. The minimum Gasteiger partial charge on any atom is -0.328 e. The average Bonchev–Trinajstić information content (AvgIpc) is 2.39. The fourth-order valence-electron chi connectivity index (χ4n) is 2.80. The molecule has 1 fully saturated rings. The summed E-state index contributed by atoms with van der Waals surface area (Å²) in [5, 5.41) is 2.92. The Bertz CT molecular complexity index is 467. The SMILES string of the molecule is NC1CCC(c2ccc3c(c2)SCC(=O)N3)CC1. The van der Waals surface area contributed by atoms with Gasteiger partial charge in [0.25, 0.3) is 0 Å². The molecule has 1 saturated carbocycles. The van der Waals surface area contributed by atoms with Gasteiger partial charge in [0.1, 0.15) is 0 Å². The molecule has 1 amide bonds. The predicted octanol–water partition coefficient (Wildman–Crippen LogP) is 2.72. The number of hydrogen-bond acceptors (Lipinski definition) is 3. The summed E-state index contributed by atoms with van der Waals surface area (Å²) in [7, 11) is 0. The molecule has 18 heavy (non-hydrogen) atoms. The summed E-state index contributed by atoms with van der Waals surface area (Å²) < 4.78 is 0. The van der Waals surface area contributed by atoms with Gasteiger partial charge in [-0.25, -0.2) is 0 Å². The van der Waals surface area contributed by atoms with Crippen molar-refractivity contribution < 1.29 is 4.79 Å². The van der Waals surface area contributed by atoms with Crippen LogP contribution in [0.1, 0.15) is 37.2 Å². The van der Waals surface area contributed by atoms with E-state index in [9.17, 15) is 4.79 Å². The van der Waals surface area contributed by atoms with Gasteiger partial charge in [0, 0.05) is 10.9 Å². The third kappa shape index (κ3) is 2.40. The van der Waals surface area contributed by atoms with E-state index in [1.54, 1.807) is 11.8 Å². The molecule has 0 bridgehead atoms. The second kappa shape index (κ2) is 4.94. The van der Waals surface area contributed by atoms with E-state index in [4.69, 9.17) is 5.73 Å². The molecule has 3 nitrogen and oxygen atoms in total. The Labute approximate surface area is 112 Å². The van der Waals surface area contributed by atoms with Gasteiger partial charge in [0.05, 0.1) is 11.4 Å². The van der Waals surface area contributed by atoms with Crippen LogP contribution in [0.4, 0.5) is 5.69 Å². The highest BCUT2D eigenvalue weighted by Gasteiger charge is 2.22. The summed E-state index contributed by atoms with van der Waals surface area (Å²) >= 11 is 1.64. The van der Waals surface area contributed by atoms with Crippen LogP contribution < -0.4 is 11.1 Å². The largest absolute Gasteiger partial charge is 0.328 e. The molecule has 3 rings (SSSR count). The van der Waals surface area contributed by atoms with E-state index < -0.39 is 0 Å². The maximum Gasteiger partial charge on any atom is 0.234 e. The van der Waals surface area contributed by atoms with E-state index in [0.29, 0.717) is 17.7 Å². The highest BCUT2D eigenvalue weighted by atomic mass is 32.2. The molecule has 0 atom stereocenters. The molecule has 0 saturated heterocycles.